The second-order valence-corrected chi connectivity index (χ2v) is 5.34. The predicted molar refractivity (Wildman–Crippen MR) is 96.1 cm³/mol. The van der Waals surface area contributed by atoms with Crippen LogP contribution in [0.5, 0.6) is 5.75 Å². The van der Waals surface area contributed by atoms with Gasteiger partial charge in [0, 0.05) is 18.1 Å². The number of nitriles is 1. The maximum absolute atomic E-state index is 12.1. The van der Waals surface area contributed by atoms with E-state index in [1.165, 1.54) is 4.68 Å². The summed E-state index contributed by atoms with van der Waals surface area (Å²) in [6, 6.07) is 12.5. The van der Waals surface area contributed by atoms with Crippen molar-refractivity contribution in [2.24, 2.45) is 0 Å². The lowest BCUT2D eigenvalue weighted by molar-refractivity contribution is -0.116. The minimum absolute atomic E-state index is 0.0566. The van der Waals surface area contributed by atoms with Crippen LogP contribution in [0.1, 0.15) is 5.56 Å². The van der Waals surface area contributed by atoms with E-state index in [0.717, 1.165) is 5.75 Å². The average molecular weight is 348 g/mol. The van der Waals surface area contributed by atoms with Gasteiger partial charge in [-0.2, -0.15) is 10.4 Å². The van der Waals surface area contributed by atoms with Gasteiger partial charge in [-0.05, 0) is 36.4 Å². The molecule has 0 aliphatic rings. The summed E-state index contributed by atoms with van der Waals surface area (Å²) < 4.78 is 6.58. The molecule has 0 saturated heterocycles. The number of methoxy groups -OCH3 is 1. The van der Waals surface area contributed by atoms with Crippen molar-refractivity contribution >= 4 is 23.1 Å². The number of amides is 1. The second kappa shape index (κ2) is 7.81. The van der Waals surface area contributed by atoms with Gasteiger partial charge < -0.3 is 15.4 Å². The second-order valence-electron chi connectivity index (χ2n) is 5.34. The van der Waals surface area contributed by atoms with E-state index in [2.05, 4.69) is 26.8 Å². The molecule has 0 atom stereocenters. The lowest BCUT2D eigenvalue weighted by atomic mass is 10.3. The topological polar surface area (TPSA) is 105 Å². The van der Waals surface area contributed by atoms with Crippen molar-refractivity contribution in [2.45, 2.75) is 6.54 Å². The van der Waals surface area contributed by atoms with Gasteiger partial charge in [0.1, 0.15) is 24.2 Å². The van der Waals surface area contributed by atoms with E-state index in [-0.39, 0.29) is 12.5 Å². The normalized spacial score (nSPS) is 10.0. The molecule has 0 spiro atoms. The first-order valence-electron chi connectivity index (χ1n) is 7.76. The minimum Gasteiger partial charge on any atom is -0.497 e. The molecule has 0 saturated carbocycles. The lowest BCUT2D eigenvalue weighted by Gasteiger charge is -2.06. The number of carbonyl (C=O) groups excluding carboxylic acids is 1. The third-order valence-corrected chi connectivity index (χ3v) is 3.50. The monoisotopic (exact) mass is 348 g/mol. The largest absolute Gasteiger partial charge is 0.497 e. The molecule has 0 fully saturated rings. The van der Waals surface area contributed by atoms with Gasteiger partial charge in [0.15, 0.2) is 0 Å². The molecule has 130 valence electrons. The average Bonchev–Trinajstić information content (AvgIpc) is 3.09. The molecule has 3 rings (SSSR count). The van der Waals surface area contributed by atoms with Crippen LogP contribution < -0.4 is 15.4 Å². The summed E-state index contributed by atoms with van der Waals surface area (Å²) in [4.78, 5) is 16.3. The Morgan fingerprint density at radius 1 is 1.27 bits per heavy atom. The minimum atomic E-state index is -0.208. The fraction of sp³-hybridized carbons (Fsp3) is 0.111. The van der Waals surface area contributed by atoms with Crippen LogP contribution in [0, 0.1) is 11.3 Å². The van der Waals surface area contributed by atoms with Crippen molar-refractivity contribution in [1.82, 2.24) is 14.8 Å². The summed E-state index contributed by atoms with van der Waals surface area (Å²) >= 11 is 0. The number of nitrogens with zero attached hydrogens (tertiary/aromatic N) is 4. The van der Waals surface area contributed by atoms with E-state index in [0.29, 0.717) is 22.8 Å². The fourth-order valence-corrected chi connectivity index (χ4v) is 2.27. The van der Waals surface area contributed by atoms with E-state index in [4.69, 9.17) is 10.00 Å². The number of pyridine rings is 1. The van der Waals surface area contributed by atoms with Crippen LogP contribution in [0.15, 0.2) is 55.0 Å². The van der Waals surface area contributed by atoms with Crippen LogP contribution in [-0.4, -0.2) is 27.8 Å². The van der Waals surface area contributed by atoms with Crippen LogP contribution in [0.3, 0.4) is 0 Å². The van der Waals surface area contributed by atoms with Gasteiger partial charge in [-0.3, -0.25) is 9.48 Å². The molecule has 2 aromatic heterocycles. The molecule has 0 unspecified atom stereocenters. The molecule has 1 aromatic carbocycles. The van der Waals surface area contributed by atoms with Crippen molar-refractivity contribution in [1.29, 1.82) is 5.26 Å². The highest BCUT2D eigenvalue weighted by Gasteiger charge is 2.08. The highest BCUT2D eigenvalue weighted by Crippen LogP contribution is 2.17. The number of ether oxygens (including phenoxy) is 1. The summed E-state index contributed by atoms with van der Waals surface area (Å²) in [5.74, 6) is 0.953. The van der Waals surface area contributed by atoms with E-state index in [9.17, 15) is 4.79 Å². The van der Waals surface area contributed by atoms with Crippen molar-refractivity contribution in [3.05, 3.63) is 60.6 Å². The quantitative estimate of drug-likeness (QED) is 0.709. The molecule has 2 N–H and O–H groups in total. The van der Waals surface area contributed by atoms with Crippen LogP contribution in [0.2, 0.25) is 0 Å². The van der Waals surface area contributed by atoms with Crippen molar-refractivity contribution in [3.63, 3.8) is 0 Å². The van der Waals surface area contributed by atoms with Gasteiger partial charge >= 0.3 is 0 Å². The molecule has 26 heavy (non-hydrogen) atoms. The Kier molecular flexibility index (Phi) is 5.10. The zero-order valence-corrected chi connectivity index (χ0v) is 14.0. The molecule has 3 aromatic rings. The lowest BCUT2D eigenvalue weighted by Crippen LogP contribution is -2.18. The van der Waals surface area contributed by atoms with Gasteiger partial charge in [0.05, 0.1) is 24.6 Å². The molecule has 8 nitrogen and oxygen atoms in total. The Labute approximate surface area is 150 Å². The van der Waals surface area contributed by atoms with E-state index in [1.54, 1.807) is 62.1 Å². The van der Waals surface area contributed by atoms with Crippen LogP contribution in [0.4, 0.5) is 17.2 Å². The molecular weight excluding hydrogens is 332 g/mol. The standard InChI is InChI=1S/C18H16N6O2/c1-26-16-6-4-14(5-7-16)22-17(25)12-24-11-15(10-21-24)23-18-13(9-19)3-2-8-20-18/h2-8,10-11H,12H2,1H3,(H,20,23)(H,22,25). The number of hydrogen-bond acceptors (Lipinski definition) is 6. The van der Waals surface area contributed by atoms with E-state index < -0.39 is 0 Å². The molecule has 1 amide bonds. The number of anilines is 3. The molecular formula is C18H16N6O2. The maximum Gasteiger partial charge on any atom is 0.246 e. The predicted octanol–water partition coefficient (Wildman–Crippen LogP) is 2.54. The van der Waals surface area contributed by atoms with Crippen molar-refractivity contribution in [2.75, 3.05) is 17.7 Å². The molecule has 0 aliphatic carbocycles. The number of benzene rings is 1. The third-order valence-electron chi connectivity index (χ3n) is 3.50. The van der Waals surface area contributed by atoms with Gasteiger partial charge in [-0.25, -0.2) is 4.98 Å². The summed E-state index contributed by atoms with van der Waals surface area (Å²) in [7, 11) is 1.58. The van der Waals surface area contributed by atoms with E-state index >= 15 is 0 Å². The highest BCUT2D eigenvalue weighted by molar-refractivity contribution is 5.90. The Balaban J connectivity index is 1.60. The summed E-state index contributed by atoms with van der Waals surface area (Å²) in [6.45, 7) is 0.0566. The fourth-order valence-electron chi connectivity index (χ4n) is 2.27. The molecule has 8 heteroatoms. The van der Waals surface area contributed by atoms with Crippen LogP contribution in [-0.2, 0) is 11.3 Å². The smallest absolute Gasteiger partial charge is 0.246 e. The number of hydrogen-bond donors (Lipinski definition) is 2. The van der Waals surface area contributed by atoms with E-state index in [1.807, 2.05) is 0 Å². The number of rotatable bonds is 6. The Bertz CT molecular complexity index is 943. The third kappa shape index (κ3) is 4.15. The first kappa shape index (κ1) is 17.0. The van der Waals surface area contributed by atoms with Gasteiger partial charge in [-0.15, -0.1) is 0 Å². The molecule has 0 bridgehead atoms. The zero-order valence-electron chi connectivity index (χ0n) is 14.0. The SMILES string of the molecule is COc1ccc(NC(=O)Cn2cc(Nc3ncccc3C#N)cn2)cc1. The zero-order chi connectivity index (χ0) is 18.4. The van der Waals surface area contributed by atoms with Gasteiger partial charge in [0.2, 0.25) is 5.91 Å². The first-order chi connectivity index (χ1) is 12.7. The molecule has 0 radical (unpaired) electrons. The number of nitrogens with one attached hydrogen (secondary N) is 2. The first-order valence-corrected chi connectivity index (χ1v) is 7.76. The van der Waals surface area contributed by atoms with Crippen molar-refractivity contribution < 1.29 is 9.53 Å². The summed E-state index contributed by atoms with van der Waals surface area (Å²) in [5.41, 5.74) is 1.74. The number of carbonyl (C=O) groups is 1. The summed E-state index contributed by atoms with van der Waals surface area (Å²) in [5, 5.41) is 19.0. The molecule has 0 aliphatic heterocycles. The van der Waals surface area contributed by atoms with Crippen molar-refractivity contribution in [3.8, 4) is 11.8 Å². The number of aromatic nitrogens is 3. The van der Waals surface area contributed by atoms with Crippen LogP contribution in [0.25, 0.3) is 0 Å². The summed E-state index contributed by atoms with van der Waals surface area (Å²) in [6.07, 6.45) is 4.83. The Morgan fingerprint density at radius 3 is 2.81 bits per heavy atom. The van der Waals surface area contributed by atoms with Gasteiger partial charge in [-0.1, -0.05) is 0 Å². The van der Waals surface area contributed by atoms with Gasteiger partial charge in [0.25, 0.3) is 0 Å². The Morgan fingerprint density at radius 2 is 2.08 bits per heavy atom. The Hall–Kier alpha value is -3.86. The highest BCUT2D eigenvalue weighted by atomic mass is 16.5. The van der Waals surface area contributed by atoms with Crippen LogP contribution >= 0.6 is 0 Å². The maximum atomic E-state index is 12.1. The molecule has 2 heterocycles.